The molecule has 0 aromatic carbocycles. The third-order valence-corrected chi connectivity index (χ3v) is 11.3. The average molecular weight is 747 g/mol. The van der Waals surface area contributed by atoms with E-state index in [1.165, 1.54) is 0 Å². The Morgan fingerprint density at radius 1 is 0.538 bits per heavy atom. The zero-order valence-electron chi connectivity index (χ0n) is 18.5. The highest BCUT2D eigenvalue weighted by Gasteiger charge is 2.95. The Kier molecular flexibility index (Phi) is 9.28. The maximum absolute atomic E-state index is 14.5. The Bertz CT molecular complexity index is 860. The van der Waals surface area contributed by atoms with E-state index in [2.05, 4.69) is 0 Å². The molecule has 1 atom stereocenters. The molecule has 3 aliphatic rings. The number of hydrogen-bond donors (Lipinski definition) is 0. The van der Waals surface area contributed by atoms with Gasteiger partial charge in [-0.25, -0.2) is 0 Å². The summed E-state index contributed by atoms with van der Waals surface area (Å²) >= 11 is 0.882. The molecule has 3 heterocycles. The summed E-state index contributed by atoms with van der Waals surface area (Å²) < 4.78 is 243. The number of hydrogen-bond acceptors (Lipinski definition) is 4. The Balaban J connectivity index is 2.46. The van der Waals surface area contributed by atoms with Crippen molar-refractivity contribution in [1.82, 2.24) is 4.90 Å². The summed E-state index contributed by atoms with van der Waals surface area (Å²) in [6.07, 6.45) is -10.4. The first-order valence-corrected chi connectivity index (χ1v) is 13.2. The molecule has 0 radical (unpaired) electrons. The first-order valence-electron chi connectivity index (χ1n) is 10.2. The van der Waals surface area contributed by atoms with E-state index in [0.29, 0.717) is 0 Å². The molecule has 0 saturated carbocycles. The van der Waals surface area contributed by atoms with Crippen molar-refractivity contribution in [1.29, 1.82) is 0 Å². The lowest BCUT2D eigenvalue weighted by molar-refractivity contribution is -0.461. The second kappa shape index (κ2) is 10.4. The minimum absolute atomic E-state index is 0.132. The summed E-state index contributed by atoms with van der Waals surface area (Å²) in [5, 5.41) is 0. The molecule has 0 aromatic rings. The lowest BCUT2D eigenvalue weighted by Gasteiger charge is -2.44. The molecule has 4 nitrogen and oxygen atoms in total. The van der Waals surface area contributed by atoms with Crippen LogP contribution in [0.4, 0.5) is 74.6 Å². The van der Waals surface area contributed by atoms with E-state index in [1.807, 2.05) is 0 Å². The molecule has 3 aliphatic heterocycles. The van der Waals surface area contributed by atoms with Crippen LogP contribution in [0.2, 0.25) is 0 Å². The van der Waals surface area contributed by atoms with Crippen LogP contribution in [0.5, 0.6) is 0 Å². The average Bonchev–Trinajstić information content (AvgIpc) is 2.70. The molecule has 0 amide bonds. The van der Waals surface area contributed by atoms with Gasteiger partial charge in [0.15, 0.2) is 0 Å². The summed E-state index contributed by atoms with van der Waals surface area (Å²) in [4.78, 5) is 1.68. The van der Waals surface area contributed by atoms with Gasteiger partial charge in [-0.1, -0.05) is 22.6 Å². The number of halogens is 18. The Labute approximate surface area is 221 Å². The van der Waals surface area contributed by atoms with Gasteiger partial charge in [-0.05, 0) is 0 Å². The fraction of sp³-hybridized carbons (Fsp3) is 1.00. The van der Waals surface area contributed by atoms with Gasteiger partial charge in [0.05, 0.1) is 23.4 Å². The molecule has 0 aliphatic carbocycles. The van der Waals surface area contributed by atoms with Gasteiger partial charge in [-0.2, -0.15) is 74.6 Å². The maximum atomic E-state index is 14.5. The molecule has 3 rings (SSSR count). The van der Waals surface area contributed by atoms with Crippen LogP contribution in [0.15, 0.2) is 0 Å². The fourth-order valence-corrected chi connectivity index (χ4v) is 7.95. The van der Waals surface area contributed by atoms with Crippen LogP contribution in [0.1, 0.15) is 6.42 Å². The van der Waals surface area contributed by atoms with E-state index in [1.54, 1.807) is 4.90 Å². The quantitative estimate of drug-likeness (QED) is 0.125. The third-order valence-electron chi connectivity index (χ3n) is 5.74. The molecule has 39 heavy (non-hydrogen) atoms. The van der Waals surface area contributed by atoms with Gasteiger partial charge in [0.2, 0.25) is 0 Å². The molecule has 23 heteroatoms. The van der Waals surface area contributed by atoms with Crippen molar-refractivity contribution < 1.29 is 87.9 Å². The predicted octanol–water partition coefficient (Wildman–Crippen LogP) is 6.05. The number of nitrogens with zero attached hydrogens (tertiary/aromatic N) is 1. The largest absolute Gasteiger partial charge is 0.514 e. The minimum Gasteiger partial charge on any atom is -0.371 e. The second-order valence-electron chi connectivity index (χ2n) is 8.31. The van der Waals surface area contributed by atoms with Crippen molar-refractivity contribution in [2.75, 3.05) is 39.5 Å². The van der Waals surface area contributed by atoms with Crippen molar-refractivity contribution in [3.63, 3.8) is 0 Å². The highest BCUT2D eigenvalue weighted by molar-refractivity contribution is 14.1. The molecule has 232 valence electrons. The lowest BCUT2D eigenvalue weighted by Crippen LogP contribution is -2.74. The van der Waals surface area contributed by atoms with Crippen molar-refractivity contribution in [3.05, 3.63) is 0 Å². The van der Waals surface area contributed by atoms with E-state index in [4.69, 9.17) is 13.3 Å². The summed E-state index contributed by atoms with van der Waals surface area (Å²) in [6.45, 7) is -0.613. The second-order valence-corrected chi connectivity index (χ2v) is 13.8. The molecular formula is C16H15F17INO3Si. The Morgan fingerprint density at radius 3 is 1.18 bits per heavy atom. The molecule has 1 unspecified atom stereocenters. The molecule has 0 spiro atoms. The van der Waals surface area contributed by atoms with Crippen LogP contribution in [0.3, 0.4) is 0 Å². The summed E-state index contributed by atoms with van der Waals surface area (Å²) in [7, 11) is -4.51. The molecule has 0 aromatic heterocycles. The van der Waals surface area contributed by atoms with Crippen LogP contribution in [-0.2, 0) is 13.3 Å². The summed E-state index contributed by atoms with van der Waals surface area (Å²) in [5.41, 5.74) is 0. The van der Waals surface area contributed by atoms with Gasteiger partial charge < -0.3 is 13.3 Å². The van der Waals surface area contributed by atoms with Gasteiger partial charge in [0, 0.05) is 26.1 Å². The van der Waals surface area contributed by atoms with Crippen molar-refractivity contribution >= 4 is 31.4 Å². The van der Waals surface area contributed by atoms with Crippen molar-refractivity contribution in [2.24, 2.45) is 0 Å². The molecule has 3 saturated heterocycles. The van der Waals surface area contributed by atoms with E-state index < -0.39 is 66.4 Å². The molecule has 0 N–H and O–H groups in total. The van der Waals surface area contributed by atoms with Crippen LogP contribution >= 0.6 is 22.6 Å². The first-order chi connectivity index (χ1) is 17.2. The third kappa shape index (κ3) is 5.32. The van der Waals surface area contributed by atoms with E-state index >= 15 is 0 Å². The summed E-state index contributed by atoms with van der Waals surface area (Å²) in [5.74, 6) is -56.6. The zero-order valence-corrected chi connectivity index (χ0v) is 21.7. The highest BCUT2D eigenvalue weighted by Crippen LogP contribution is 2.64. The van der Waals surface area contributed by atoms with Gasteiger partial charge in [0.25, 0.3) is 0 Å². The fourth-order valence-electron chi connectivity index (χ4n) is 3.36. The van der Waals surface area contributed by atoms with Crippen LogP contribution < -0.4 is 0 Å². The van der Waals surface area contributed by atoms with E-state index in [-0.39, 0.29) is 39.5 Å². The normalized spacial score (nSPS) is 26.2. The van der Waals surface area contributed by atoms with E-state index in [9.17, 15) is 74.6 Å². The standard InChI is InChI=1S/C16H15F17INO3Si/c17-9(18,7-8(34)39-36-4-1-35(2-5-37-39)3-6-38-39)10(19,20)11(21,22)12(23,24)13(25,26)14(27,28)15(29,30)16(31,32)33/h8H,1-7H2. The minimum atomic E-state index is -8.65. The Hall–Kier alpha value is -0.403. The number of fused-ring (bicyclic) bond motifs is 6. The maximum Gasteiger partial charge on any atom is 0.514 e. The monoisotopic (exact) mass is 747 g/mol. The molecule has 3 fully saturated rings. The highest BCUT2D eigenvalue weighted by atomic mass is 127. The van der Waals surface area contributed by atoms with Gasteiger partial charge >= 0.3 is 56.4 Å². The van der Waals surface area contributed by atoms with Crippen molar-refractivity contribution in [3.8, 4) is 0 Å². The van der Waals surface area contributed by atoms with Gasteiger partial charge in [-0.15, -0.1) is 0 Å². The lowest BCUT2D eigenvalue weighted by atomic mass is 9.88. The number of rotatable bonds is 9. The van der Waals surface area contributed by atoms with Gasteiger partial charge in [-0.3, -0.25) is 4.90 Å². The predicted molar refractivity (Wildman–Crippen MR) is 103 cm³/mol. The van der Waals surface area contributed by atoms with Gasteiger partial charge in [0.1, 0.15) is 0 Å². The SMILES string of the molecule is FC(F)(F)C(F)(F)C(F)(F)C(F)(F)C(F)(F)C(F)(F)C(F)(F)C(F)(F)CC(I)[Si]12OCCN(CCO1)CCO2. The van der Waals surface area contributed by atoms with Crippen LogP contribution in [0, 0.1) is 0 Å². The topological polar surface area (TPSA) is 30.9 Å². The van der Waals surface area contributed by atoms with Crippen LogP contribution in [-0.4, -0.2) is 104 Å². The smallest absolute Gasteiger partial charge is 0.371 e. The first kappa shape index (κ1) is 34.8. The molecular weight excluding hydrogens is 732 g/mol. The van der Waals surface area contributed by atoms with Crippen molar-refractivity contribution in [2.45, 2.75) is 57.6 Å². The van der Waals surface area contributed by atoms with Crippen LogP contribution in [0.25, 0.3) is 0 Å². The zero-order chi connectivity index (χ0) is 30.7. The molecule has 2 bridgehead atoms. The number of alkyl halides is 18. The Morgan fingerprint density at radius 2 is 0.846 bits per heavy atom. The summed E-state index contributed by atoms with van der Waals surface area (Å²) in [6, 6.07) is 0. The van der Waals surface area contributed by atoms with E-state index in [0.717, 1.165) is 22.6 Å².